The number of hydrogen-bond acceptors (Lipinski definition) is 3. The third-order valence-electron chi connectivity index (χ3n) is 2.81. The predicted octanol–water partition coefficient (Wildman–Crippen LogP) is 1.52. The van der Waals surface area contributed by atoms with Crippen molar-refractivity contribution in [3.05, 3.63) is 24.3 Å². The lowest BCUT2D eigenvalue weighted by molar-refractivity contribution is -0.145. The number of para-hydroxylation sites is 2. The van der Waals surface area contributed by atoms with E-state index in [-0.39, 0.29) is 18.4 Å². The van der Waals surface area contributed by atoms with Crippen LogP contribution in [0.5, 0.6) is 5.75 Å². The second-order valence-corrected chi connectivity index (χ2v) is 4.52. The van der Waals surface area contributed by atoms with E-state index in [1.807, 2.05) is 0 Å². The van der Waals surface area contributed by atoms with Crippen molar-refractivity contribution >= 4 is 17.6 Å². The van der Waals surface area contributed by atoms with Crippen LogP contribution in [-0.2, 0) is 9.59 Å². The summed E-state index contributed by atoms with van der Waals surface area (Å²) in [6.45, 7) is 3.62. The average Bonchev–Trinajstić information content (AvgIpc) is 2.36. The molecule has 1 amide bonds. The molecular weight excluding hydrogens is 234 g/mol. The molecular formula is C13H15NO4. The lowest BCUT2D eigenvalue weighted by atomic mass is 10.1. The van der Waals surface area contributed by atoms with Gasteiger partial charge in [0, 0.05) is 5.92 Å². The molecule has 1 aromatic rings. The molecule has 96 valence electrons. The van der Waals surface area contributed by atoms with Crippen molar-refractivity contribution in [2.45, 2.75) is 20.0 Å². The Balaban J connectivity index is 2.39. The van der Waals surface area contributed by atoms with Gasteiger partial charge >= 0.3 is 5.97 Å². The Bertz CT molecular complexity index is 484. The highest BCUT2D eigenvalue weighted by molar-refractivity contribution is 5.97. The van der Waals surface area contributed by atoms with Gasteiger partial charge in [-0.3, -0.25) is 4.79 Å². The summed E-state index contributed by atoms with van der Waals surface area (Å²) in [5.41, 5.74) is 0.633. The summed E-state index contributed by atoms with van der Waals surface area (Å²) in [6.07, 6.45) is -1.01. The van der Waals surface area contributed by atoms with E-state index in [0.717, 1.165) is 0 Å². The molecule has 0 unspecified atom stereocenters. The van der Waals surface area contributed by atoms with Gasteiger partial charge in [-0.15, -0.1) is 0 Å². The molecule has 1 heterocycles. The number of rotatable bonds is 2. The first-order chi connectivity index (χ1) is 8.50. The summed E-state index contributed by atoms with van der Waals surface area (Å²) in [4.78, 5) is 24.6. The molecule has 0 aromatic heterocycles. The lowest BCUT2D eigenvalue weighted by Gasteiger charge is -2.34. The molecule has 0 radical (unpaired) electrons. The number of carboxylic acids is 1. The zero-order valence-corrected chi connectivity index (χ0v) is 10.3. The summed E-state index contributed by atoms with van der Waals surface area (Å²) in [5.74, 6) is -0.918. The van der Waals surface area contributed by atoms with Crippen molar-refractivity contribution in [2.24, 2.45) is 5.92 Å². The van der Waals surface area contributed by atoms with Gasteiger partial charge in [-0.1, -0.05) is 26.0 Å². The first-order valence-electron chi connectivity index (χ1n) is 5.80. The molecule has 1 aromatic carbocycles. The fourth-order valence-corrected chi connectivity index (χ4v) is 1.88. The van der Waals surface area contributed by atoms with Gasteiger partial charge in [-0.2, -0.15) is 0 Å². The van der Waals surface area contributed by atoms with Crippen molar-refractivity contribution in [3.63, 3.8) is 0 Å². The van der Waals surface area contributed by atoms with E-state index < -0.39 is 12.1 Å². The molecule has 2 rings (SSSR count). The Kier molecular flexibility index (Phi) is 3.23. The van der Waals surface area contributed by atoms with Crippen LogP contribution in [-0.4, -0.2) is 29.6 Å². The zero-order valence-electron chi connectivity index (χ0n) is 10.3. The van der Waals surface area contributed by atoms with Gasteiger partial charge in [0.2, 0.25) is 12.0 Å². The van der Waals surface area contributed by atoms with Crippen LogP contribution in [0, 0.1) is 5.92 Å². The largest absolute Gasteiger partial charge is 0.478 e. The quantitative estimate of drug-likeness (QED) is 0.863. The van der Waals surface area contributed by atoms with Crippen LogP contribution in [0.2, 0.25) is 0 Å². The van der Waals surface area contributed by atoms with E-state index in [9.17, 15) is 9.59 Å². The number of nitrogens with zero attached hydrogens (tertiary/aromatic N) is 1. The van der Waals surface area contributed by atoms with E-state index in [1.165, 1.54) is 4.90 Å². The highest BCUT2D eigenvalue weighted by Gasteiger charge is 2.34. The Morgan fingerprint density at radius 3 is 2.67 bits per heavy atom. The molecule has 5 nitrogen and oxygen atoms in total. The molecule has 0 bridgehead atoms. The molecule has 5 heteroatoms. The fourth-order valence-electron chi connectivity index (χ4n) is 1.88. The summed E-state index contributed by atoms with van der Waals surface area (Å²) in [7, 11) is 0. The monoisotopic (exact) mass is 249 g/mol. The molecule has 1 aliphatic rings. The number of carbonyl (C=O) groups is 2. The third-order valence-corrected chi connectivity index (χ3v) is 2.81. The fraction of sp³-hybridized carbons (Fsp3) is 0.385. The average molecular weight is 249 g/mol. The number of aliphatic carboxylic acids is 1. The SMILES string of the molecule is CC(C)C(=O)N1C[C@@H](C(=O)O)Oc2ccccc21. The summed E-state index contributed by atoms with van der Waals surface area (Å²) in [5, 5.41) is 9.04. The molecule has 0 aliphatic carbocycles. The summed E-state index contributed by atoms with van der Waals surface area (Å²) < 4.78 is 5.36. The molecule has 0 saturated heterocycles. The van der Waals surface area contributed by atoms with Gasteiger partial charge in [0.05, 0.1) is 12.2 Å². The van der Waals surface area contributed by atoms with E-state index in [4.69, 9.17) is 9.84 Å². The summed E-state index contributed by atoms with van der Waals surface area (Å²) >= 11 is 0. The number of anilines is 1. The predicted molar refractivity (Wildman–Crippen MR) is 65.7 cm³/mol. The van der Waals surface area contributed by atoms with Crippen LogP contribution < -0.4 is 9.64 Å². The maximum absolute atomic E-state index is 12.1. The highest BCUT2D eigenvalue weighted by Crippen LogP contribution is 2.33. The van der Waals surface area contributed by atoms with Crippen LogP contribution in [0.1, 0.15) is 13.8 Å². The van der Waals surface area contributed by atoms with Gasteiger partial charge in [0.25, 0.3) is 0 Å². The Morgan fingerprint density at radius 1 is 1.39 bits per heavy atom. The smallest absolute Gasteiger partial charge is 0.346 e. The van der Waals surface area contributed by atoms with Crippen molar-refractivity contribution in [3.8, 4) is 5.75 Å². The normalized spacial score (nSPS) is 18.2. The Morgan fingerprint density at radius 2 is 2.06 bits per heavy atom. The molecule has 18 heavy (non-hydrogen) atoms. The van der Waals surface area contributed by atoms with Gasteiger partial charge in [-0.25, -0.2) is 4.79 Å². The van der Waals surface area contributed by atoms with E-state index in [1.54, 1.807) is 38.1 Å². The Hall–Kier alpha value is -2.04. The number of carbonyl (C=O) groups excluding carboxylic acids is 1. The zero-order chi connectivity index (χ0) is 13.3. The van der Waals surface area contributed by atoms with E-state index >= 15 is 0 Å². The number of benzene rings is 1. The standard InChI is InChI=1S/C13H15NO4/c1-8(2)12(15)14-7-11(13(16)17)18-10-6-4-3-5-9(10)14/h3-6,8,11H,7H2,1-2H3,(H,16,17)/t11-/m0/s1. The molecule has 0 fully saturated rings. The molecule has 0 saturated carbocycles. The molecule has 0 spiro atoms. The summed E-state index contributed by atoms with van der Waals surface area (Å²) in [6, 6.07) is 6.98. The topological polar surface area (TPSA) is 66.8 Å². The third kappa shape index (κ3) is 2.16. The van der Waals surface area contributed by atoms with Gasteiger partial charge in [0.1, 0.15) is 5.75 Å². The molecule has 1 atom stereocenters. The van der Waals surface area contributed by atoms with Crippen molar-refractivity contribution < 1.29 is 19.4 Å². The van der Waals surface area contributed by atoms with Crippen LogP contribution in [0.4, 0.5) is 5.69 Å². The molecule has 1 aliphatic heterocycles. The lowest BCUT2D eigenvalue weighted by Crippen LogP contribution is -2.48. The molecule has 1 N–H and O–H groups in total. The van der Waals surface area contributed by atoms with Crippen LogP contribution in [0.15, 0.2) is 24.3 Å². The maximum atomic E-state index is 12.1. The second kappa shape index (κ2) is 4.68. The number of amides is 1. The van der Waals surface area contributed by atoms with Crippen LogP contribution in [0.3, 0.4) is 0 Å². The van der Waals surface area contributed by atoms with Gasteiger partial charge in [0.15, 0.2) is 0 Å². The van der Waals surface area contributed by atoms with Crippen molar-refractivity contribution in [1.82, 2.24) is 0 Å². The number of fused-ring (bicyclic) bond motifs is 1. The van der Waals surface area contributed by atoms with Gasteiger partial charge in [-0.05, 0) is 12.1 Å². The number of carboxylic acid groups (broad SMARTS) is 1. The number of hydrogen-bond donors (Lipinski definition) is 1. The maximum Gasteiger partial charge on any atom is 0.346 e. The number of ether oxygens (including phenoxy) is 1. The van der Waals surface area contributed by atoms with E-state index in [2.05, 4.69) is 0 Å². The van der Waals surface area contributed by atoms with Gasteiger partial charge < -0.3 is 14.7 Å². The minimum absolute atomic E-state index is 0.0450. The highest BCUT2D eigenvalue weighted by atomic mass is 16.5. The second-order valence-electron chi connectivity index (χ2n) is 4.52. The first kappa shape index (κ1) is 12.4. The van der Waals surface area contributed by atoms with Crippen molar-refractivity contribution in [2.75, 3.05) is 11.4 Å². The first-order valence-corrected chi connectivity index (χ1v) is 5.80. The van der Waals surface area contributed by atoms with Crippen molar-refractivity contribution in [1.29, 1.82) is 0 Å². The minimum atomic E-state index is -1.06. The van der Waals surface area contributed by atoms with Crippen LogP contribution >= 0.6 is 0 Å². The minimum Gasteiger partial charge on any atom is -0.478 e. The Labute approximate surface area is 105 Å². The van der Waals surface area contributed by atoms with Crippen LogP contribution in [0.25, 0.3) is 0 Å². The van der Waals surface area contributed by atoms with E-state index in [0.29, 0.717) is 11.4 Å².